The molecular weight excluding hydrogens is 276 g/mol. The maximum absolute atomic E-state index is 6.11. The van der Waals surface area contributed by atoms with E-state index in [1.807, 2.05) is 42.5 Å². The molecule has 0 aliphatic heterocycles. The Morgan fingerprint density at radius 2 is 1.95 bits per heavy atom. The van der Waals surface area contributed by atoms with E-state index in [0.29, 0.717) is 0 Å². The van der Waals surface area contributed by atoms with Crippen LogP contribution in [-0.2, 0) is 0 Å². The van der Waals surface area contributed by atoms with E-state index in [0.717, 1.165) is 33.3 Å². The fraction of sp³-hybridized carbons (Fsp3) is 0.167. The Morgan fingerprint density at radius 1 is 1.19 bits per heavy atom. The Bertz CT molecular complexity index is 664. The number of rotatable bonds is 5. The van der Waals surface area contributed by atoms with Gasteiger partial charge in [-0.2, -0.15) is 0 Å². The van der Waals surface area contributed by atoms with Crippen molar-refractivity contribution in [2.45, 2.75) is 20.3 Å². The number of nitrogens with zero attached hydrogens (tertiary/aromatic N) is 1. The molecule has 2 N–H and O–H groups in total. The van der Waals surface area contributed by atoms with Gasteiger partial charge in [-0.05, 0) is 18.9 Å². The summed E-state index contributed by atoms with van der Waals surface area (Å²) >= 11 is 1.53. The van der Waals surface area contributed by atoms with E-state index >= 15 is 0 Å². The molecule has 0 bridgehead atoms. The SMILES string of the molecule is CC/C=C/C=C\C=C(/C)c1nc(-c2ccccc2)c(N)s1. The van der Waals surface area contributed by atoms with Crippen LogP contribution in [0.25, 0.3) is 16.8 Å². The van der Waals surface area contributed by atoms with Gasteiger partial charge in [-0.25, -0.2) is 4.98 Å². The van der Waals surface area contributed by atoms with Crippen LogP contribution in [0.15, 0.2) is 60.7 Å². The molecule has 1 aromatic heterocycles. The number of nitrogens with two attached hydrogens (primary N) is 1. The minimum Gasteiger partial charge on any atom is -0.389 e. The normalized spacial score (nSPS) is 12.6. The number of anilines is 1. The molecule has 0 aliphatic carbocycles. The van der Waals surface area contributed by atoms with Gasteiger partial charge in [0.05, 0.1) is 0 Å². The molecule has 3 heteroatoms. The van der Waals surface area contributed by atoms with E-state index in [9.17, 15) is 0 Å². The van der Waals surface area contributed by atoms with Crippen LogP contribution < -0.4 is 5.73 Å². The standard InChI is InChI=1S/C18H20N2S/c1-3-4-5-6-8-11-14(2)18-20-16(17(19)21-18)15-12-9-7-10-13-15/h4-13H,3,19H2,1-2H3/b5-4+,8-6-,14-11+. The molecule has 0 aliphatic rings. The van der Waals surface area contributed by atoms with E-state index < -0.39 is 0 Å². The fourth-order valence-corrected chi connectivity index (χ4v) is 2.69. The lowest BCUT2D eigenvalue weighted by molar-refractivity contribution is 1.22. The molecule has 0 saturated heterocycles. The molecule has 0 amide bonds. The van der Waals surface area contributed by atoms with Gasteiger partial charge >= 0.3 is 0 Å². The summed E-state index contributed by atoms with van der Waals surface area (Å²) < 4.78 is 0. The van der Waals surface area contributed by atoms with Crippen LogP contribution in [0.1, 0.15) is 25.3 Å². The Balaban J connectivity index is 2.20. The van der Waals surface area contributed by atoms with Crippen molar-refractivity contribution in [3.8, 4) is 11.3 Å². The molecule has 2 nitrogen and oxygen atoms in total. The second-order valence-corrected chi connectivity index (χ2v) is 5.70. The summed E-state index contributed by atoms with van der Waals surface area (Å²) in [5.41, 5.74) is 9.16. The molecule has 108 valence electrons. The predicted molar refractivity (Wildman–Crippen MR) is 94.2 cm³/mol. The number of aromatic nitrogens is 1. The van der Waals surface area contributed by atoms with Crippen LogP contribution in [-0.4, -0.2) is 4.98 Å². The van der Waals surface area contributed by atoms with E-state index in [-0.39, 0.29) is 0 Å². The van der Waals surface area contributed by atoms with Gasteiger partial charge in [0.15, 0.2) is 0 Å². The highest BCUT2D eigenvalue weighted by molar-refractivity contribution is 7.17. The highest BCUT2D eigenvalue weighted by atomic mass is 32.1. The number of hydrogen-bond acceptors (Lipinski definition) is 3. The predicted octanol–water partition coefficient (Wildman–Crippen LogP) is 5.32. The van der Waals surface area contributed by atoms with Crippen LogP contribution >= 0.6 is 11.3 Å². The maximum Gasteiger partial charge on any atom is 0.121 e. The van der Waals surface area contributed by atoms with Gasteiger partial charge in [0.2, 0.25) is 0 Å². The second-order valence-electron chi connectivity index (χ2n) is 4.67. The van der Waals surface area contributed by atoms with Crippen molar-refractivity contribution in [1.82, 2.24) is 4.98 Å². The van der Waals surface area contributed by atoms with Gasteiger partial charge in [-0.15, -0.1) is 0 Å². The van der Waals surface area contributed by atoms with E-state index in [1.54, 1.807) is 0 Å². The van der Waals surface area contributed by atoms with Crippen molar-refractivity contribution in [3.05, 3.63) is 65.7 Å². The fourth-order valence-electron chi connectivity index (χ4n) is 1.85. The Kier molecular flexibility index (Phi) is 5.52. The second kappa shape index (κ2) is 7.60. The number of hydrogen-bond donors (Lipinski definition) is 1. The quantitative estimate of drug-likeness (QED) is 0.759. The molecule has 1 heterocycles. The first-order valence-electron chi connectivity index (χ1n) is 7.04. The molecule has 2 rings (SSSR count). The topological polar surface area (TPSA) is 38.9 Å². The summed E-state index contributed by atoms with van der Waals surface area (Å²) in [5, 5.41) is 1.73. The smallest absolute Gasteiger partial charge is 0.121 e. The molecule has 1 aromatic carbocycles. The summed E-state index contributed by atoms with van der Waals surface area (Å²) in [6.07, 6.45) is 11.3. The van der Waals surface area contributed by atoms with Crippen LogP contribution in [0, 0.1) is 0 Å². The minimum atomic E-state index is 0.763. The molecule has 0 saturated carbocycles. The minimum absolute atomic E-state index is 0.763. The van der Waals surface area contributed by atoms with Crippen molar-refractivity contribution >= 4 is 21.9 Å². The summed E-state index contributed by atoms with van der Waals surface area (Å²) in [6, 6.07) is 10.1. The van der Waals surface area contributed by atoms with Gasteiger partial charge in [-0.3, -0.25) is 0 Å². The number of thiazole rings is 1. The van der Waals surface area contributed by atoms with Crippen molar-refractivity contribution < 1.29 is 0 Å². The first kappa shape index (κ1) is 15.3. The lowest BCUT2D eigenvalue weighted by Gasteiger charge is -1.96. The van der Waals surface area contributed by atoms with Crippen LogP contribution in [0.4, 0.5) is 5.00 Å². The van der Waals surface area contributed by atoms with Crippen molar-refractivity contribution in [2.24, 2.45) is 0 Å². The van der Waals surface area contributed by atoms with Crippen molar-refractivity contribution in [3.63, 3.8) is 0 Å². The van der Waals surface area contributed by atoms with Crippen LogP contribution in [0.2, 0.25) is 0 Å². The van der Waals surface area contributed by atoms with Gasteiger partial charge in [-0.1, -0.05) is 79.0 Å². The zero-order valence-electron chi connectivity index (χ0n) is 12.4. The summed E-state index contributed by atoms with van der Waals surface area (Å²) in [5.74, 6) is 0. The average Bonchev–Trinajstić information content (AvgIpc) is 2.90. The molecule has 2 aromatic rings. The van der Waals surface area contributed by atoms with Crippen molar-refractivity contribution in [1.29, 1.82) is 0 Å². The zero-order valence-corrected chi connectivity index (χ0v) is 13.2. The van der Waals surface area contributed by atoms with Crippen molar-refractivity contribution in [2.75, 3.05) is 5.73 Å². The molecular formula is C18H20N2S. The summed E-state index contributed by atoms with van der Waals surface area (Å²) in [6.45, 7) is 4.18. The molecule has 0 unspecified atom stereocenters. The van der Waals surface area contributed by atoms with E-state index in [4.69, 9.17) is 5.73 Å². The van der Waals surface area contributed by atoms with Crippen LogP contribution in [0.3, 0.4) is 0 Å². The Labute approximate surface area is 130 Å². The van der Waals surface area contributed by atoms with Crippen LogP contribution in [0.5, 0.6) is 0 Å². The lowest BCUT2D eigenvalue weighted by atomic mass is 10.2. The average molecular weight is 296 g/mol. The van der Waals surface area contributed by atoms with Gasteiger partial charge in [0, 0.05) is 5.56 Å². The Hall–Kier alpha value is -2.13. The number of allylic oxidation sites excluding steroid dienone is 6. The third kappa shape index (κ3) is 4.17. The zero-order chi connectivity index (χ0) is 15.1. The third-order valence-electron chi connectivity index (χ3n) is 2.98. The number of nitrogen functional groups attached to an aromatic ring is 1. The highest BCUT2D eigenvalue weighted by Crippen LogP contribution is 2.33. The Morgan fingerprint density at radius 3 is 2.67 bits per heavy atom. The highest BCUT2D eigenvalue weighted by Gasteiger charge is 2.10. The monoisotopic (exact) mass is 296 g/mol. The lowest BCUT2D eigenvalue weighted by Crippen LogP contribution is -1.85. The number of benzene rings is 1. The molecule has 0 spiro atoms. The van der Waals surface area contributed by atoms with E-state index in [2.05, 4.69) is 37.1 Å². The third-order valence-corrected chi connectivity index (χ3v) is 4.00. The van der Waals surface area contributed by atoms with Gasteiger partial charge in [0.1, 0.15) is 15.7 Å². The first-order chi connectivity index (χ1) is 10.2. The van der Waals surface area contributed by atoms with E-state index in [1.165, 1.54) is 11.3 Å². The summed E-state index contributed by atoms with van der Waals surface area (Å²) in [4.78, 5) is 4.67. The maximum atomic E-state index is 6.11. The molecule has 0 radical (unpaired) electrons. The largest absolute Gasteiger partial charge is 0.389 e. The summed E-state index contributed by atoms with van der Waals surface area (Å²) in [7, 11) is 0. The van der Waals surface area contributed by atoms with Gasteiger partial charge < -0.3 is 5.73 Å². The molecule has 0 fully saturated rings. The molecule has 0 atom stereocenters. The molecule has 21 heavy (non-hydrogen) atoms. The first-order valence-corrected chi connectivity index (χ1v) is 7.86. The van der Waals surface area contributed by atoms with Gasteiger partial charge in [0.25, 0.3) is 0 Å².